The number of methoxy groups -OCH3 is 1. The van der Waals surface area contributed by atoms with Gasteiger partial charge in [-0.3, -0.25) is 14.9 Å². The van der Waals surface area contributed by atoms with Crippen LogP contribution < -0.4 is 4.74 Å². The normalized spacial score (nSPS) is 9.80. The van der Waals surface area contributed by atoms with Gasteiger partial charge in [-0.2, -0.15) is 0 Å². The van der Waals surface area contributed by atoms with E-state index in [2.05, 4.69) is 4.74 Å². The van der Waals surface area contributed by atoms with Gasteiger partial charge < -0.3 is 4.74 Å². The lowest BCUT2D eigenvalue weighted by Gasteiger charge is -2.03. The van der Waals surface area contributed by atoms with Crippen molar-refractivity contribution in [2.24, 2.45) is 0 Å². The zero-order valence-corrected chi connectivity index (χ0v) is 8.25. The predicted octanol–water partition coefficient (Wildman–Crippen LogP) is 2.12. The van der Waals surface area contributed by atoms with Crippen LogP contribution in [0.25, 0.3) is 0 Å². The first kappa shape index (κ1) is 11.4. The number of ether oxygens (including phenoxy) is 1. The number of carbonyl (C=O) groups is 1. The largest absolute Gasteiger partial charge is 0.488 e. The second-order valence-corrected chi connectivity index (χ2v) is 2.88. The van der Waals surface area contributed by atoms with Gasteiger partial charge in [-0.25, -0.2) is 4.39 Å². The van der Waals surface area contributed by atoms with E-state index in [1.54, 1.807) is 0 Å². The summed E-state index contributed by atoms with van der Waals surface area (Å²) < 4.78 is 17.7. The molecule has 7 heteroatoms. The number of carbonyl (C=O) groups excluding carboxylic acids is 1. The second kappa shape index (κ2) is 4.22. The van der Waals surface area contributed by atoms with E-state index >= 15 is 0 Å². The minimum atomic E-state index is -1.00. The van der Waals surface area contributed by atoms with Crippen LogP contribution in [-0.4, -0.2) is 17.3 Å². The molecule has 0 saturated carbocycles. The van der Waals surface area contributed by atoms with Gasteiger partial charge in [0.25, 0.3) is 5.24 Å². The molecule has 0 saturated heterocycles. The first-order valence-electron chi connectivity index (χ1n) is 3.69. The smallest absolute Gasteiger partial charge is 0.314 e. The molecular weight excluding hydrogens is 229 g/mol. The highest BCUT2D eigenvalue weighted by molar-refractivity contribution is 6.67. The van der Waals surface area contributed by atoms with Crippen molar-refractivity contribution < 1.29 is 18.8 Å². The molecular formula is C8H5ClFNO4. The Morgan fingerprint density at radius 1 is 1.60 bits per heavy atom. The number of hydrogen-bond donors (Lipinski definition) is 0. The van der Waals surface area contributed by atoms with Crippen LogP contribution in [0.1, 0.15) is 10.4 Å². The number of halogens is 2. The third-order valence-corrected chi connectivity index (χ3v) is 1.87. The Balaban J connectivity index is 3.45. The summed E-state index contributed by atoms with van der Waals surface area (Å²) in [7, 11) is 1.09. The van der Waals surface area contributed by atoms with Crippen LogP contribution in [0.5, 0.6) is 5.75 Å². The summed E-state index contributed by atoms with van der Waals surface area (Å²) in [5, 5.41) is 9.54. The molecule has 1 aromatic rings. The Morgan fingerprint density at radius 2 is 2.20 bits per heavy atom. The van der Waals surface area contributed by atoms with Gasteiger partial charge in [0.15, 0.2) is 5.82 Å². The maximum atomic E-state index is 13.2. The van der Waals surface area contributed by atoms with Gasteiger partial charge in [0.05, 0.1) is 12.0 Å². The summed E-state index contributed by atoms with van der Waals surface area (Å²) >= 11 is 5.08. The zero-order valence-electron chi connectivity index (χ0n) is 7.49. The SMILES string of the molecule is COc1c(F)cc(C(=O)Cl)cc1[N+](=O)[O-]. The molecule has 0 spiro atoms. The van der Waals surface area contributed by atoms with E-state index < -0.39 is 27.4 Å². The molecule has 1 aromatic carbocycles. The Bertz CT molecular complexity index is 435. The Morgan fingerprint density at radius 3 is 2.60 bits per heavy atom. The quantitative estimate of drug-likeness (QED) is 0.456. The van der Waals surface area contributed by atoms with Crippen LogP contribution >= 0.6 is 11.6 Å². The molecule has 0 N–H and O–H groups in total. The van der Waals surface area contributed by atoms with Gasteiger partial charge in [-0.1, -0.05) is 0 Å². The highest BCUT2D eigenvalue weighted by atomic mass is 35.5. The third-order valence-electron chi connectivity index (χ3n) is 1.65. The summed E-state index contributed by atoms with van der Waals surface area (Å²) in [6.07, 6.45) is 0. The van der Waals surface area contributed by atoms with Gasteiger partial charge in [0, 0.05) is 11.6 Å². The number of nitro benzene ring substituents is 1. The fraction of sp³-hybridized carbons (Fsp3) is 0.125. The summed E-state index contributed by atoms with van der Waals surface area (Å²) in [5.41, 5.74) is -0.928. The lowest BCUT2D eigenvalue weighted by atomic mass is 10.2. The highest BCUT2D eigenvalue weighted by Gasteiger charge is 2.22. The average Bonchev–Trinajstić information content (AvgIpc) is 2.16. The third kappa shape index (κ3) is 2.21. The van der Waals surface area contributed by atoms with E-state index in [9.17, 15) is 19.3 Å². The van der Waals surface area contributed by atoms with Crippen molar-refractivity contribution in [3.8, 4) is 5.75 Å². The van der Waals surface area contributed by atoms with Crippen LogP contribution in [0.2, 0.25) is 0 Å². The molecule has 0 radical (unpaired) electrons. The molecule has 0 aliphatic heterocycles. The van der Waals surface area contributed by atoms with Gasteiger partial charge in [-0.05, 0) is 17.7 Å². The summed E-state index contributed by atoms with van der Waals surface area (Å²) in [5.74, 6) is -1.53. The zero-order chi connectivity index (χ0) is 11.6. The molecule has 0 aromatic heterocycles. The molecule has 0 unspecified atom stereocenters. The Kier molecular flexibility index (Phi) is 3.21. The number of rotatable bonds is 3. The van der Waals surface area contributed by atoms with Crippen LogP contribution in [-0.2, 0) is 0 Å². The van der Waals surface area contributed by atoms with Gasteiger partial charge >= 0.3 is 5.69 Å². The fourth-order valence-electron chi connectivity index (χ4n) is 1.03. The van der Waals surface area contributed by atoms with E-state index in [0.29, 0.717) is 0 Å². The predicted molar refractivity (Wildman–Crippen MR) is 49.8 cm³/mol. The van der Waals surface area contributed by atoms with Gasteiger partial charge in [0.1, 0.15) is 0 Å². The molecule has 0 aliphatic carbocycles. The molecule has 1 rings (SSSR count). The molecule has 80 valence electrons. The number of nitro groups is 1. The second-order valence-electron chi connectivity index (χ2n) is 2.54. The lowest BCUT2D eigenvalue weighted by Crippen LogP contribution is -2.00. The Hall–Kier alpha value is -1.69. The van der Waals surface area contributed by atoms with E-state index in [0.717, 1.165) is 19.2 Å². The topological polar surface area (TPSA) is 69.4 Å². The average molecular weight is 234 g/mol. The number of nitrogens with zero attached hydrogens (tertiary/aromatic N) is 1. The van der Waals surface area contributed by atoms with Crippen LogP contribution in [0, 0.1) is 15.9 Å². The van der Waals surface area contributed by atoms with E-state index in [-0.39, 0.29) is 5.56 Å². The minimum Gasteiger partial charge on any atom is -0.488 e. The molecule has 15 heavy (non-hydrogen) atoms. The molecule has 0 atom stereocenters. The van der Waals surface area contributed by atoms with Crippen molar-refractivity contribution in [2.45, 2.75) is 0 Å². The molecule has 0 fully saturated rings. The lowest BCUT2D eigenvalue weighted by molar-refractivity contribution is -0.386. The maximum absolute atomic E-state index is 13.2. The van der Waals surface area contributed by atoms with Gasteiger partial charge in [0.2, 0.25) is 5.75 Å². The van der Waals surface area contributed by atoms with E-state index in [1.165, 1.54) is 0 Å². The fourth-order valence-corrected chi connectivity index (χ4v) is 1.14. The van der Waals surface area contributed by atoms with Crippen molar-refractivity contribution in [2.75, 3.05) is 7.11 Å². The summed E-state index contributed by atoms with van der Waals surface area (Å²) in [6.45, 7) is 0. The highest BCUT2D eigenvalue weighted by Crippen LogP contribution is 2.31. The van der Waals surface area contributed by atoms with Gasteiger partial charge in [-0.15, -0.1) is 0 Å². The number of hydrogen-bond acceptors (Lipinski definition) is 4. The molecule has 5 nitrogen and oxygen atoms in total. The number of benzene rings is 1. The summed E-state index contributed by atoms with van der Waals surface area (Å²) in [6, 6.07) is 1.64. The van der Waals surface area contributed by atoms with E-state index in [4.69, 9.17) is 11.6 Å². The monoisotopic (exact) mass is 233 g/mol. The molecule has 0 amide bonds. The molecule has 0 bridgehead atoms. The van der Waals surface area contributed by atoms with Crippen molar-refractivity contribution >= 4 is 22.5 Å². The van der Waals surface area contributed by atoms with Crippen LogP contribution in [0.4, 0.5) is 10.1 Å². The van der Waals surface area contributed by atoms with Crippen molar-refractivity contribution in [1.29, 1.82) is 0 Å². The van der Waals surface area contributed by atoms with Crippen molar-refractivity contribution in [1.82, 2.24) is 0 Å². The minimum absolute atomic E-state index is 0.290. The van der Waals surface area contributed by atoms with Crippen molar-refractivity contribution in [3.05, 3.63) is 33.6 Å². The Labute approximate surface area is 88.6 Å². The first-order valence-corrected chi connectivity index (χ1v) is 4.07. The van der Waals surface area contributed by atoms with E-state index in [1.807, 2.05) is 0 Å². The maximum Gasteiger partial charge on any atom is 0.314 e. The first-order chi connectivity index (χ1) is 6.97. The standard InChI is InChI=1S/C8H5ClFNO4/c1-15-7-5(10)2-4(8(9)12)3-6(7)11(13)14/h2-3H,1H3. The van der Waals surface area contributed by atoms with Crippen LogP contribution in [0.15, 0.2) is 12.1 Å². The molecule has 0 heterocycles. The molecule has 0 aliphatic rings. The van der Waals surface area contributed by atoms with Crippen LogP contribution in [0.3, 0.4) is 0 Å². The van der Waals surface area contributed by atoms with Crippen molar-refractivity contribution in [3.63, 3.8) is 0 Å². The summed E-state index contributed by atoms with van der Waals surface area (Å²) in [4.78, 5) is 20.4.